The Morgan fingerprint density at radius 2 is 1.52 bits per heavy atom. The van der Waals surface area contributed by atoms with Crippen LogP contribution in [-0.4, -0.2) is 69.1 Å². The summed E-state index contributed by atoms with van der Waals surface area (Å²) in [5.41, 5.74) is 0.870. The molecule has 0 aromatic heterocycles. The molecule has 0 spiro atoms. The fourth-order valence-electron chi connectivity index (χ4n) is 2.99. The fourth-order valence-corrected chi connectivity index (χ4v) is 3.55. The highest BCUT2D eigenvalue weighted by Gasteiger charge is 2.25. The first-order chi connectivity index (χ1) is 13.8. The van der Waals surface area contributed by atoms with Crippen LogP contribution in [0.2, 0.25) is 0 Å². The molecule has 2 amide bonds. The molecular formula is C20H23N3O5S. The summed E-state index contributed by atoms with van der Waals surface area (Å²) in [6.45, 7) is 1.71. The molecule has 0 aliphatic carbocycles. The van der Waals surface area contributed by atoms with Gasteiger partial charge in [-0.1, -0.05) is 18.2 Å². The van der Waals surface area contributed by atoms with Gasteiger partial charge < -0.3 is 14.5 Å². The maximum atomic E-state index is 12.6. The summed E-state index contributed by atoms with van der Waals surface area (Å²) in [7, 11) is -3.36. The minimum Gasteiger partial charge on any atom is -0.484 e. The Balaban J connectivity index is 1.49. The first-order valence-corrected chi connectivity index (χ1v) is 11.0. The summed E-state index contributed by atoms with van der Waals surface area (Å²) < 4.78 is 30.4. The van der Waals surface area contributed by atoms with Crippen LogP contribution >= 0.6 is 0 Å². The van der Waals surface area contributed by atoms with E-state index in [-0.39, 0.29) is 18.4 Å². The Labute approximate surface area is 170 Å². The molecule has 2 aromatic rings. The van der Waals surface area contributed by atoms with Crippen molar-refractivity contribution in [3.8, 4) is 5.75 Å². The summed E-state index contributed by atoms with van der Waals surface area (Å²) in [6.07, 6.45) is 1.07. The van der Waals surface area contributed by atoms with E-state index in [0.717, 1.165) is 6.26 Å². The Kier molecular flexibility index (Phi) is 6.38. The Hall–Kier alpha value is -3.07. The SMILES string of the molecule is CS(=O)(=O)Nc1ccc(C(=O)N2CCN(C(=O)COc3ccccc3)CC2)cc1. The van der Waals surface area contributed by atoms with E-state index in [1.54, 1.807) is 46.2 Å². The van der Waals surface area contributed by atoms with Crippen molar-refractivity contribution in [3.05, 3.63) is 60.2 Å². The van der Waals surface area contributed by atoms with E-state index in [9.17, 15) is 18.0 Å². The zero-order valence-corrected chi connectivity index (χ0v) is 16.9. The van der Waals surface area contributed by atoms with Gasteiger partial charge in [-0.2, -0.15) is 0 Å². The van der Waals surface area contributed by atoms with Gasteiger partial charge in [0, 0.05) is 37.4 Å². The van der Waals surface area contributed by atoms with Crippen LogP contribution in [0.15, 0.2) is 54.6 Å². The van der Waals surface area contributed by atoms with Gasteiger partial charge in [0.2, 0.25) is 10.0 Å². The molecule has 1 saturated heterocycles. The number of sulfonamides is 1. The van der Waals surface area contributed by atoms with Crippen LogP contribution in [-0.2, 0) is 14.8 Å². The highest BCUT2D eigenvalue weighted by molar-refractivity contribution is 7.92. The van der Waals surface area contributed by atoms with Crippen LogP contribution in [0.5, 0.6) is 5.75 Å². The Morgan fingerprint density at radius 3 is 2.10 bits per heavy atom. The molecule has 1 N–H and O–H groups in total. The Morgan fingerprint density at radius 1 is 0.931 bits per heavy atom. The van der Waals surface area contributed by atoms with E-state index in [1.165, 1.54) is 0 Å². The Bertz CT molecular complexity index is 953. The molecule has 0 unspecified atom stereocenters. The van der Waals surface area contributed by atoms with Crippen molar-refractivity contribution in [1.82, 2.24) is 9.80 Å². The first kappa shape index (κ1) is 20.7. The summed E-state index contributed by atoms with van der Waals surface area (Å²) in [5, 5.41) is 0. The number of hydrogen-bond acceptors (Lipinski definition) is 5. The molecular weight excluding hydrogens is 394 g/mol. The number of carbonyl (C=O) groups is 2. The maximum Gasteiger partial charge on any atom is 0.260 e. The lowest BCUT2D eigenvalue weighted by molar-refractivity contribution is -0.134. The third-order valence-electron chi connectivity index (χ3n) is 4.46. The van der Waals surface area contributed by atoms with E-state index in [4.69, 9.17) is 4.74 Å². The molecule has 2 aromatic carbocycles. The number of carbonyl (C=O) groups excluding carboxylic acids is 2. The average molecular weight is 417 g/mol. The van der Waals surface area contributed by atoms with E-state index in [0.29, 0.717) is 43.2 Å². The van der Waals surface area contributed by atoms with Crippen molar-refractivity contribution in [1.29, 1.82) is 0 Å². The van der Waals surface area contributed by atoms with Gasteiger partial charge in [0.15, 0.2) is 6.61 Å². The number of piperazine rings is 1. The standard InChI is InChI=1S/C20H23N3O5S/c1-29(26,27)21-17-9-7-16(8-10-17)20(25)23-13-11-22(12-14-23)19(24)15-28-18-5-3-2-4-6-18/h2-10,21H,11-15H2,1H3. The molecule has 8 nitrogen and oxygen atoms in total. The predicted octanol–water partition coefficient (Wildman–Crippen LogP) is 1.42. The lowest BCUT2D eigenvalue weighted by Gasteiger charge is -2.34. The number of hydrogen-bond donors (Lipinski definition) is 1. The number of benzene rings is 2. The molecule has 1 heterocycles. The van der Waals surface area contributed by atoms with Gasteiger partial charge in [-0.05, 0) is 36.4 Å². The number of anilines is 1. The summed E-state index contributed by atoms with van der Waals surface area (Å²) >= 11 is 0. The van der Waals surface area contributed by atoms with E-state index in [1.807, 2.05) is 18.2 Å². The van der Waals surface area contributed by atoms with Crippen molar-refractivity contribution >= 4 is 27.5 Å². The van der Waals surface area contributed by atoms with Crippen molar-refractivity contribution in [2.45, 2.75) is 0 Å². The molecule has 0 bridgehead atoms. The second-order valence-electron chi connectivity index (χ2n) is 6.73. The zero-order valence-electron chi connectivity index (χ0n) is 16.1. The average Bonchev–Trinajstić information content (AvgIpc) is 2.72. The summed E-state index contributed by atoms with van der Waals surface area (Å²) in [6, 6.07) is 15.4. The van der Waals surface area contributed by atoms with Crippen molar-refractivity contribution in [2.24, 2.45) is 0 Å². The van der Waals surface area contributed by atoms with Crippen LogP contribution < -0.4 is 9.46 Å². The van der Waals surface area contributed by atoms with Crippen LogP contribution in [0, 0.1) is 0 Å². The molecule has 9 heteroatoms. The first-order valence-electron chi connectivity index (χ1n) is 9.14. The molecule has 1 aliphatic heterocycles. The number of amides is 2. The van der Waals surface area contributed by atoms with Gasteiger partial charge >= 0.3 is 0 Å². The fraction of sp³-hybridized carbons (Fsp3) is 0.300. The molecule has 0 radical (unpaired) electrons. The second kappa shape index (κ2) is 8.95. The predicted molar refractivity (Wildman–Crippen MR) is 109 cm³/mol. The number of para-hydroxylation sites is 1. The highest BCUT2D eigenvalue weighted by atomic mass is 32.2. The molecule has 154 valence electrons. The van der Waals surface area contributed by atoms with Gasteiger partial charge in [-0.15, -0.1) is 0 Å². The quantitative estimate of drug-likeness (QED) is 0.767. The van der Waals surface area contributed by atoms with Gasteiger partial charge in [0.1, 0.15) is 5.75 Å². The van der Waals surface area contributed by atoms with E-state index < -0.39 is 10.0 Å². The number of ether oxygens (including phenoxy) is 1. The maximum absolute atomic E-state index is 12.6. The lowest BCUT2D eigenvalue weighted by Crippen LogP contribution is -2.51. The smallest absolute Gasteiger partial charge is 0.260 e. The van der Waals surface area contributed by atoms with Crippen LogP contribution in [0.1, 0.15) is 10.4 Å². The largest absolute Gasteiger partial charge is 0.484 e. The van der Waals surface area contributed by atoms with Crippen LogP contribution in [0.4, 0.5) is 5.69 Å². The highest BCUT2D eigenvalue weighted by Crippen LogP contribution is 2.14. The van der Waals surface area contributed by atoms with E-state index in [2.05, 4.69) is 4.72 Å². The number of nitrogens with zero attached hydrogens (tertiary/aromatic N) is 2. The van der Waals surface area contributed by atoms with Crippen molar-refractivity contribution < 1.29 is 22.7 Å². The minimum atomic E-state index is -3.36. The van der Waals surface area contributed by atoms with Crippen LogP contribution in [0.25, 0.3) is 0 Å². The summed E-state index contributed by atoms with van der Waals surface area (Å²) in [4.78, 5) is 28.3. The number of rotatable bonds is 6. The second-order valence-corrected chi connectivity index (χ2v) is 8.47. The zero-order chi connectivity index (χ0) is 20.9. The molecule has 3 rings (SSSR count). The molecule has 1 aliphatic rings. The molecule has 0 atom stereocenters. The molecule has 1 fully saturated rings. The van der Waals surface area contributed by atoms with Crippen LogP contribution in [0.3, 0.4) is 0 Å². The topological polar surface area (TPSA) is 96.0 Å². The monoisotopic (exact) mass is 417 g/mol. The number of nitrogens with one attached hydrogen (secondary N) is 1. The van der Waals surface area contributed by atoms with Gasteiger partial charge in [0.05, 0.1) is 6.26 Å². The van der Waals surface area contributed by atoms with Crippen molar-refractivity contribution in [3.63, 3.8) is 0 Å². The van der Waals surface area contributed by atoms with Gasteiger partial charge in [-0.3, -0.25) is 14.3 Å². The molecule has 0 saturated carbocycles. The van der Waals surface area contributed by atoms with Gasteiger partial charge in [0.25, 0.3) is 11.8 Å². The van der Waals surface area contributed by atoms with Gasteiger partial charge in [-0.25, -0.2) is 8.42 Å². The minimum absolute atomic E-state index is 0.0350. The molecule has 29 heavy (non-hydrogen) atoms. The third-order valence-corrected chi connectivity index (χ3v) is 5.07. The summed E-state index contributed by atoms with van der Waals surface area (Å²) in [5.74, 6) is 0.379. The van der Waals surface area contributed by atoms with Crippen molar-refractivity contribution in [2.75, 3.05) is 43.8 Å². The van der Waals surface area contributed by atoms with E-state index >= 15 is 0 Å². The normalized spacial score (nSPS) is 14.4. The third kappa shape index (κ3) is 5.95. The lowest BCUT2D eigenvalue weighted by atomic mass is 10.1.